The van der Waals surface area contributed by atoms with Crippen molar-refractivity contribution in [1.82, 2.24) is 5.32 Å². The highest BCUT2D eigenvalue weighted by Gasteiger charge is 2.20. The maximum Gasteiger partial charge on any atom is 0.251 e. The molecule has 0 spiro atoms. The summed E-state index contributed by atoms with van der Waals surface area (Å²) in [5.41, 5.74) is 0.382. The average Bonchev–Trinajstić information content (AvgIpc) is 2.33. The molecular weight excluding hydrogens is 276 g/mol. The van der Waals surface area contributed by atoms with Gasteiger partial charge in [-0.15, -0.1) is 0 Å². The second-order valence-electron chi connectivity index (χ2n) is 6.05. The summed E-state index contributed by atoms with van der Waals surface area (Å²) in [4.78, 5) is 11.9. The maximum absolute atomic E-state index is 12.0. The van der Waals surface area contributed by atoms with Gasteiger partial charge in [0.05, 0.1) is 4.90 Å². The van der Waals surface area contributed by atoms with Crippen LogP contribution in [0, 0.1) is 11.3 Å². The molecule has 20 heavy (non-hydrogen) atoms. The molecule has 0 saturated carbocycles. The summed E-state index contributed by atoms with van der Waals surface area (Å²) in [7, 11) is -3.79. The highest BCUT2D eigenvalue weighted by molar-refractivity contribution is 7.89. The van der Waals surface area contributed by atoms with E-state index in [1.807, 2.05) is 0 Å². The molecule has 0 aliphatic heterocycles. The van der Waals surface area contributed by atoms with Gasteiger partial charge in [0, 0.05) is 12.1 Å². The van der Waals surface area contributed by atoms with Crippen molar-refractivity contribution in [2.75, 3.05) is 6.54 Å². The van der Waals surface area contributed by atoms with Crippen LogP contribution in [0.3, 0.4) is 0 Å². The van der Waals surface area contributed by atoms with E-state index in [9.17, 15) is 13.2 Å². The number of nitrogens with two attached hydrogens (primary N) is 1. The summed E-state index contributed by atoms with van der Waals surface area (Å²) in [5.74, 6) is -0.000487. The molecular formula is C14H22N2O3S. The van der Waals surface area contributed by atoms with Crippen LogP contribution < -0.4 is 10.5 Å². The molecule has 3 N–H and O–H groups in total. The molecule has 0 aromatic heterocycles. The first-order valence-corrected chi connectivity index (χ1v) is 7.97. The fraction of sp³-hybridized carbons (Fsp3) is 0.500. The first-order chi connectivity index (χ1) is 9.01. The summed E-state index contributed by atoms with van der Waals surface area (Å²) in [6, 6.07) is 5.71. The van der Waals surface area contributed by atoms with Crippen molar-refractivity contribution in [1.29, 1.82) is 0 Å². The number of benzene rings is 1. The lowest BCUT2D eigenvalue weighted by molar-refractivity contribution is 0.0937. The molecule has 1 rings (SSSR count). The molecule has 112 valence electrons. The molecule has 0 fully saturated rings. The molecule has 1 aromatic rings. The van der Waals surface area contributed by atoms with E-state index in [1.54, 1.807) is 6.07 Å². The van der Waals surface area contributed by atoms with Gasteiger partial charge < -0.3 is 5.32 Å². The van der Waals surface area contributed by atoms with E-state index in [4.69, 9.17) is 5.14 Å². The Morgan fingerprint density at radius 3 is 2.45 bits per heavy atom. The first-order valence-electron chi connectivity index (χ1n) is 6.43. The second kappa shape index (κ2) is 5.93. The summed E-state index contributed by atoms with van der Waals surface area (Å²) in [5, 5.41) is 7.85. The number of rotatable bonds is 4. The smallest absolute Gasteiger partial charge is 0.251 e. The zero-order chi connectivity index (χ0) is 15.6. The monoisotopic (exact) mass is 298 g/mol. The van der Waals surface area contributed by atoms with Crippen molar-refractivity contribution in [2.45, 2.75) is 32.6 Å². The van der Waals surface area contributed by atoms with Crippen LogP contribution in [0.1, 0.15) is 38.1 Å². The summed E-state index contributed by atoms with van der Waals surface area (Å²) in [6.07, 6.45) is 0. The Hall–Kier alpha value is -1.40. The Bertz CT molecular complexity index is 589. The molecule has 0 aliphatic rings. The quantitative estimate of drug-likeness (QED) is 0.887. The number of hydrogen-bond donors (Lipinski definition) is 2. The zero-order valence-electron chi connectivity index (χ0n) is 12.3. The van der Waals surface area contributed by atoms with Crippen molar-refractivity contribution < 1.29 is 13.2 Å². The Morgan fingerprint density at radius 2 is 1.95 bits per heavy atom. The van der Waals surface area contributed by atoms with Crippen LogP contribution in [0.4, 0.5) is 0 Å². The van der Waals surface area contributed by atoms with E-state index < -0.39 is 10.0 Å². The lowest BCUT2D eigenvalue weighted by Crippen LogP contribution is -2.33. The summed E-state index contributed by atoms with van der Waals surface area (Å²) in [6.45, 7) is 8.89. The van der Waals surface area contributed by atoms with E-state index in [1.165, 1.54) is 18.2 Å². The minimum atomic E-state index is -3.79. The molecule has 0 saturated heterocycles. The summed E-state index contributed by atoms with van der Waals surface area (Å²) >= 11 is 0. The first kappa shape index (κ1) is 16.7. The van der Waals surface area contributed by atoms with Gasteiger partial charge in [0.15, 0.2) is 0 Å². The number of primary sulfonamides is 1. The van der Waals surface area contributed by atoms with Crippen LogP contribution in [-0.2, 0) is 10.0 Å². The highest BCUT2D eigenvalue weighted by atomic mass is 32.2. The van der Waals surface area contributed by atoms with Gasteiger partial charge in [-0.2, -0.15) is 0 Å². The van der Waals surface area contributed by atoms with Crippen molar-refractivity contribution in [2.24, 2.45) is 16.5 Å². The Morgan fingerprint density at radius 1 is 1.35 bits per heavy atom. The van der Waals surface area contributed by atoms with Crippen LogP contribution in [0.15, 0.2) is 29.2 Å². The third-order valence-electron chi connectivity index (χ3n) is 3.47. The Balaban J connectivity index is 2.79. The largest absolute Gasteiger partial charge is 0.352 e. The number of nitrogens with one attached hydrogen (secondary N) is 1. The molecule has 0 bridgehead atoms. The molecule has 1 aromatic carbocycles. The highest BCUT2D eigenvalue weighted by Crippen LogP contribution is 2.24. The molecule has 1 unspecified atom stereocenters. The van der Waals surface area contributed by atoms with E-state index in [0.29, 0.717) is 12.5 Å². The van der Waals surface area contributed by atoms with E-state index in [-0.39, 0.29) is 21.8 Å². The fourth-order valence-corrected chi connectivity index (χ4v) is 2.03. The van der Waals surface area contributed by atoms with Crippen LogP contribution in [0.5, 0.6) is 0 Å². The number of amides is 1. The van der Waals surface area contributed by atoms with Crippen molar-refractivity contribution >= 4 is 15.9 Å². The van der Waals surface area contributed by atoms with Gasteiger partial charge in [-0.05, 0) is 29.5 Å². The van der Waals surface area contributed by atoms with Crippen molar-refractivity contribution in [3.8, 4) is 0 Å². The van der Waals surface area contributed by atoms with E-state index in [0.717, 1.165) is 0 Å². The van der Waals surface area contributed by atoms with Gasteiger partial charge in [0.25, 0.3) is 5.91 Å². The summed E-state index contributed by atoms with van der Waals surface area (Å²) < 4.78 is 22.5. The number of carbonyl (C=O) groups excluding carboxylic acids is 1. The normalized spacial score (nSPS) is 13.8. The minimum absolute atomic E-state index is 0.0611. The number of carbonyl (C=O) groups is 1. The second-order valence-corrected chi connectivity index (χ2v) is 7.61. The van der Waals surface area contributed by atoms with Crippen LogP contribution in [-0.4, -0.2) is 20.9 Å². The van der Waals surface area contributed by atoms with Crippen LogP contribution >= 0.6 is 0 Å². The number of sulfonamides is 1. The lowest BCUT2D eigenvalue weighted by Gasteiger charge is -2.27. The van der Waals surface area contributed by atoms with Gasteiger partial charge in [0.2, 0.25) is 10.0 Å². The third-order valence-corrected chi connectivity index (χ3v) is 4.38. The predicted molar refractivity (Wildman–Crippen MR) is 78.8 cm³/mol. The molecule has 0 heterocycles. The zero-order valence-corrected chi connectivity index (χ0v) is 13.1. The van der Waals surface area contributed by atoms with Gasteiger partial charge in [0.1, 0.15) is 0 Å². The predicted octanol–water partition coefficient (Wildman–Crippen LogP) is 1.75. The van der Waals surface area contributed by atoms with E-state index in [2.05, 4.69) is 33.0 Å². The molecule has 1 atom stereocenters. The minimum Gasteiger partial charge on any atom is -0.352 e. The van der Waals surface area contributed by atoms with Gasteiger partial charge >= 0.3 is 0 Å². The van der Waals surface area contributed by atoms with Gasteiger partial charge in [-0.1, -0.05) is 33.8 Å². The van der Waals surface area contributed by atoms with Gasteiger partial charge in [-0.25, -0.2) is 13.6 Å². The Kier molecular flexibility index (Phi) is 4.94. The SMILES string of the molecule is CC(CNC(=O)c1cccc(S(N)(=O)=O)c1)C(C)(C)C. The van der Waals surface area contributed by atoms with Crippen molar-refractivity contribution in [3.05, 3.63) is 29.8 Å². The van der Waals surface area contributed by atoms with Crippen molar-refractivity contribution in [3.63, 3.8) is 0 Å². The maximum atomic E-state index is 12.0. The molecule has 1 amide bonds. The van der Waals surface area contributed by atoms with Gasteiger partial charge in [-0.3, -0.25) is 4.79 Å². The average molecular weight is 298 g/mol. The molecule has 6 heteroatoms. The fourth-order valence-electron chi connectivity index (χ4n) is 1.47. The molecule has 5 nitrogen and oxygen atoms in total. The third kappa shape index (κ3) is 4.61. The Labute approximate surface area is 120 Å². The van der Waals surface area contributed by atoms with Crippen LogP contribution in [0.2, 0.25) is 0 Å². The molecule has 0 aliphatic carbocycles. The lowest BCUT2D eigenvalue weighted by atomic mass is 9.82. The van der Waals surface area contributed by atoms with Crippen LogP contribution in [0.25, 0.3) is 0 Å². The van der Waals surface area contributed by atoms with E-state index >= 15 is 0 Å². The molecule has 0 radical (unpaired) electrons. The topological polar surface area (TPSA) is 89.3 Å². The number of hydrogen-bond acceptors (Lipinski definition) is 3. The standard InChI is InChI=1S/C14H22N2O3S/c1-10(14(2,3)4)9-16-13(17)11-6-5-7-12(8-11)20(15,18)19/h5-8,10H,9H2,1-4H3,(H,16,17)(H2,15,18,19).